The van der Waals surface area contributed by atoms with Crippen molar-refractivity contribution in [2.24, 2.45) is 0 Å². The SMILES string of the molecule is Cc1ccc(N(CC(=O)N(Cc2ccccc2)C(C)C(=O)NC2CCCCC2)S(=O)(=O)c2ccc(Cl)cc2)cc1. The molecule has 0 radical (unpaired) electrons. The first kappa shape index (κ1) is 29.6. The number of carbonyl (C=O) groups is 2. The smallest absolute Gasteiger partial charge is 0.264 e. The molecule has 0 saturated heterocycles. The predicted molar refractivity (Wildman–Crippen MR) is 159 cm³/mol. The lowest BCUT2D eigenvalue weighted by atomic mass is 9.95. The molecule has 0 bridgehead atoms. The molecule has 1 saturated carbocycles. The Labute approximate surface area is 242 Å². The molecule has 3 aromatic carbocycles. The van der Waals surface area contributed by atoms with Crippen LogP contribution in [0.1, 0.15) is 50.2 Å². The number of rotatable bonds is 10. The van der Waals surface area contributed by atoms with Gasteiger partial charge in [-0.1, -0.05) is 78.9 Å². The third kappa shape index (κ3) is 7.43. The zero-order chi connectivity index (χ0) is 28.7. The van der Waals surface area contributed by atoms with Crippen molar-refractivity contribution in [3.8, 4) is 0 Å². The minimum Gasteiger partial charge on any atom is -0.352 e. The van der Waals surface area contributed by atoms with Crippen LogP contribution in [0, 0.1) is 6.92 Å². The molecule has 0 spiro atoms. The number of benzene rings is 3. The normalized spacial score (nSPS) is 14.8. The molecule has 9 heteroatoms. The van der Waals surface area contributed by atoms with E-state index < -0.39 is 28.5 Å². The lowest BCUT2D eigenvalue weighted by Crippen LogP contribution is -2.53. The molecule has 1 unspecified atom stereocenters. The molecular formula is C31H36ClN3O4S. The van der Waals surface area contributed by atoms with Crippen molar-refractivity contribution in [1.29, 1.82) is 0 Å². The first-order valence-corrected chi connectivity index (χ1v) is 15.5. The molecule has 0 heterocycles. The van der Waals surface area contributed by atoms with Crippen molar-refractivity contribution in [1.82, 2.24) is 10.2 Å². The minimum absolute atomic E-state index is 0.0166. The van der Waals surface area contributed by atoms with Crippen LogP contribution in [0.3, 0.4) is 0 Å². The number of halogens is 1. The van der Waals surface area contributed by atoms with Crippen LogP contribution in [0.25, 0.3) is 0 Å². The number of hydrogen-bond donors (Lipinski definition) is 1. The van der Waals surface area contributed by atoms with Crippen LogP contribution in [0.5, 0.6) is 0 Å². The monoisotopic (exact) mass is 581 g/mol. The van der Waals surface area contributed by atoms with Gasteiger partial charge in [0, 0.05) is 17.6 Å². The molecule has 1 aliphatic rings. The summed E-state index contributed by atoms with van der Waals surface area (Å²) in [4.78, 5) is 28.8. The van der Waals surface area contributed by atoms with Crippen molar-refractivity contribution in [2.45, 2.75) is 69.5 Å². The largest absolute Gasteiger partial charge is 0.352 e. The molecule has 2 amide bonds. The molecule has 3 aromatic rings. The average Bonchev–Trinajstić information content (AvgIpc) is 2.96. The Kier molecular flexibility index (Phi) is 9.87. The van der Waals surface area contributed by atoms with Gasteiger partial charge < -0.3 is 10.2 Å². The number of aryl methyl sites for hydroxylation is 1. The van der Waals surface area contributed by atoms with Crippen molar-refractivity contribution in [2.75, 3.05) is 10.8 Å². The van der Waals surface area contributed by atoms with Gasteiger partial charge in [0.15, 0.2) is 0 Å². The maximum absolute atomic E-state index is 14.0. The Morgan fingerprint density at radius 2 is 1.55 bits per heavy atom. The summed E-state index contributed by atoms with van der Waals surface area (Å²) >= 11 is 6.01. The first-order valence-electron chi connectivity index (χ1n) is 13.6. The van der Waals surface area contributed by atoms with Gasteiger partial charge in [0.2, 0.25) is 11.8 Å². The van der Waals surface area contributed by atoms with Crippen molar-refractivity contribution in [3.63, 3.8) is 0 Å². The van der Waals surface area contributed by atoms with E-state index >= 15 is 0 Å². The van der Waals surface area contributed by atoms with E-state index in [4.69, 9.17) is 11.6 Å². The van der Waals surface area contributed by atoms with E-state index in [2.05, 4.69) is 5.32 Å². The van der Waals surface area contributed by atoms with E-state index in [-0.39, 0.29) is 23.4 Å². The highest BCUT2D eigenvalue weighted by molar-refractivity contribution is 7.92. The first-order chi connectivity index (χ1) is 19.1. The highest BCUT2D eigenvalue weighted by atomic mass is 35.5. The van der Waals surface area contributed by atoms with Gasteiger partial charge >= 0.3 is 0 Å². The maximum atomic E-state index is 14.0. The van der Waals surface area contributed by atoms with Crippen LogP contribution in [0.15, 0.2) is 83.8 Å². The van der Waals surface area contributed by atoms with Gasteiger partial charge in [-0.3, -0.25) is 13.9 Å². The number of nitrogens with one attached hydrogen (secondary N) is 1. The zero-order valence-electron chi connectivity index (χ0n) is 22.9. The predicted octanol–water partition coefficient (Wildman–Crippen LogP) is 5.71. The summed E-state index contributed by atoms with van der Waals surface area (Å²) in [5.74, 6) is -0.716. The van der Waals surface area contributed by atoms with Crippen LogP contribution in [0.2, 0.25) is 5.02 Å². The van der Waals surface area contributed by atoms with Gasteiger partial charge in [-0.05, 0) is 68.7 Å². The maximum Gasteiger partial charge on any atom is 0.264 e. The molecule has 1 aliphatic carbocycles. The third-order valence-electron chi connectivity index (χ3n) is 7.32. The van der Waals surface area contributed by atoms with Crippen molar-refractivity contribution in [3.05, 3.63) is 95.0 Å². The Bertz CT molecular complexity index is 1390. The molecule has 0 aliphatic heterocycles. The van der Waals surface area contributed by atoms with E-state index in [1.807, 2.05) is 37.3 Å². The Hall–Kier alpha value is -3.36. The summed E-state index contributed by atoms with van der Waals surface area (Å²) in [6, 6.07) is 21.5. The summed E-state index contributed by atoms with van der Waals surface area (Å²) < 4.78 is 28.8. The number of sulfonamides is 1. The van der Waals surface area contributed by atoms with Gasteiger partial charge in [0.25, 0.3) is 10.0 Å². The summed E-state index contributed by atoms with van der Waals surface area (Å²) in [6.45, 7) is 3.30. The Morgan fingerprint density at radius 1 is 0.925 bits per heavy atom. The third-order valence-corrected chi connectivity index (χ3v) is 9.36. The minimum atomic E-state index is -4.13. The molecule has 7 nitrogen and oxygen atoms in total. The van der Waals surface area contributed by atoms with Gasteiger partial charge in [-0.25, -0.2) is 8.42 Å². The fourth-order valence-electron chi connectivity index (χ4n) is 4.91. The Balaban J connectivity index is 1.65. The summed E-state index contributed by atoms with van der Waals surface area (Å²) in [6.07, 6.45) is 5.15. The molecule has 1 fully saturated rings. The van der Waals surface area contributed by atoms with Crippen LogP contribution < -0.4 is 9.62 Å². The number of anilines is 1. The van der Waals surface area contributed by atoms with E-state index in [0.717, 1.165) is 47.5 Å². The zero-order valence-corrected chi connectivity index (χ0v) is 24.5. The fraction of sp³-hybridized carbons (Fsp3) is 0.355. The van der Waals surface area contributed by atoms with Gasteiger partial charge in [-0.15, -0.1) is 0 Å². The molecular weight excluding hydrogens is 546 g/mol. The quantitative estimate of drug-likeness (QED) is 0.332. The highest BCUT2D eigenvalue weighted by Crippen LogP contribution is 2.26. The summed E-state index contributed by atoms with van der Waals surface area (Å²) in [5, 5.41) is 3.52. The van der Waals surface area contributed by atoms with Crippen molar-refractivity contribution >= 4 is 39.1 Å². The van der Waals surface area contributed by atoms with Crippen LogP contribution in [-0.4, -0.2) is 43.8 Å². The van der Waals surface area contributed by atoms with E-state index in [1.54, 1.807) is 31.2 Å². The van der Waals surface area contributed by atoms with E-state index in [0.29, 0.717) is 10.7 Å². The number of amides is 2. The van der Waals surface area contributed by atoms with Crippen LogP contribution in [0.4, 0.5) is 5.69 Å². The van der Waals surface area contributed by atoms with Crippen LogP contribution >= 0.6 is 11.6 Å². The molecule has 1 N–H and O–H groups in total. The van der Waals surface area contributed by atoms with Crippen molar-refractivity contribution < 1.29 is 18.0 Å². The molecule has 1 atom stereocenters. The Morgan fingerprint density at radius 3 is 2.17 bits per heavy atom. The second-order valence-corrected chi connectivity index (χ2v) is 12.6. The number of nitrogens with zero attached hydrogens (tertiary/aromatic N) is 2. The number of carbonyl (C=O) groups excluding carboxylic acids is 2. The highest BCUT2D eigenvalue weighted by Gasteiger charge is 2.33. The summed E-state index contributed by atoms with van der Waals surface area (Å²) in [5.41, 5.74) is 2.15. The second-order valence-electron chi connectivity index (χ2n) is 10.3. The second kappa shape index (κ2) is 13.3. The van der Waals surface area contributed by atoms with Gasteiger partial charge in [0.05, 0.1) is 10.6 Å². The van der Waals surface area contributed by atoms with Crippen LogP contribution in [-0.2, 0) is 26.2 Å². The number of hydrogen-bond acceptors (Lipinski definition) is 4. The lowest BCUT2D eigenvalue weighted by Gasteiger charge is -2.33. The molecule has 40 heavy (non-hydrogen) atoms. The average molecular weight is 582 g/mol. The van der Waals surface area contributed by atoms with Gasteiger partial charge in [-0.2, -0.15) is 0 Å². The standard InChI is InChI=1S/C31H36ClN3O4S/c1-23-13-17-28(18-14-23)35(40(38,39)29-19-15-26(32)16-20-29)22-30(36)34(21-25-9-5-3-6-10-25)24(2)31(37)33-27-11-7-4-8-12-27/h3,5-6,9-10,13-20,24,27H,4,7-8,11-12,21-22H2,1-2H3,(H,33,37). The van der Waals surface area contributed by atoms with E-state index in [9.17, 15) is 18.0 Å². The molecule has 0 aromatic heterocycles. The lowest BCUT2D eigenvalue weighted by molar-refractivity contribution is -0.139. The topological polar surface area (TPSA) is 86.8 Å². The summed E-state index contributed by atoms with van der Waals surface area (Å²) in [7, 11) is -4.13. The van der Waals surface area contributed by atoms with E-state index in [1.165, 1.54) is 29.2 Å². The molecule has 4 rings (SSSR count). The fourth-order valence-corrected chi connectivity index (χ4v) is 6.45. The van der Waals surface area contributed by atoms with Gasteiger partial charge in [0.1, 0.15) is 12.6 Å². The molecule has 212 valence electrons.